The largest absolute Gasteiger partial charge is 0.466 e. The van der Waals surface area contributed by atoms with Gasteiger partial charge in [-0.15, -0.1) is 0 Å². The van der Waals surface area contributed by atoms with Crippen molar-refractivity contribution in [3.63, 3.8) is 0 Å². The van der Waals surface area contributed by atoms with E-state index in [1.165, 1.54) is 54.6 Å². The molecule has 0 spiro atoms. The molecule has 178 valence electrons. The van der Waals surface area contributed by atoms with E-state index in [1.54, 1.807) is 6.07 Å². The standard InChI is InChI=1S/C24H20BrFO6S2/c1-17(23(27)32-2)22(18-10-9-11-19(25)16-18)24(26,33(28,29)20-12-5-3-6-13-20)34(30,31)21-14-7-4-8-15-21/h3-16,22H,1H2,2H3/t22-/m0/s1. The monoisotopic (exact) mass is 566 g/mol. The van der Waals surface area contributed by atoms with E-state index < -0.39 is 51.3 Å². The van der Waals surface area contributed by atoms with Crippen LogP contribution in [-0.4, -0.2) is 34.2 Å². The van der Waals surface area contributed by atoms with Crippen LogP contribution in [0.2, 0.25) is 0 Å². The zero-order valence-electron chi connectivity index (χ0n) is 17.9. The predicted octanol–water partition coefficient (Wildman–Crippen LogP) is 4.83. The molecule has 10 heteroatoms. The molecule has 3 aromatic rings. The molecule has 0 radical (unpaired) electrons. The first-order valence-electron chi connectivity index (χ1n) is 9.79. The highest BCUT2D eigenvalue weighted by Gasteiger charge is 2.64. The van der Waals surface area contributed by atoms with Gasteiger partial charge in [0.15, 0.2) is 0 Å². The number of methoxy groups -OCH3 is 1. The van der Waals surface area contributed by atoms with E-state index in [9.17, 15) is 21.6 Å². The minimum absolute atomic E-state index is 0.105. The third-order valence-electron chi connectivity index (χ3n) is 5.16. The second-order valence-corrected chi connectivity index (χ2v) is 12.5. The Labute approximate surface area is 206 Å². The molecule has 0 saturated carbocycles. The van der Waals surface area contributed by atoms with Gasteiger partial charge in [-0.3, -0.25) is 0 Å². The van der Waals surface area contributed by atoms with Gasteiger partial charge in [-0.25, -0.2) is 26.0 Å². The Morgan fingerprint density at radius 3 is 1.76 bits per heavy atom. The number of halogens is 2. The fourth-order valence-electron chi connectivity index (χ4n) is 3.52. The van der Waals surface area contributed by atoms with Crippen LogP contribution in [0.4, 0.5) is 4.39 Å². The first-order valence-corrected chi connectivity index (χ1v) is 13.5. The fourth-order valence-corrected chi connectivity index (χ4v) is 8.52. The molecular formula is C24H20BrFO6S2. The quantitative estimate of drug-likeness (QED) is 0.286. The Kier molecular flexibility index (Phi) is 7.44. The van der Waals surface area contributed by atoms with Gasteiger partial charge in [0, 0.05) is 10.0 Å². The lowest BCUT2D eigenvalue weighted by Gasteiger charge is -2.34. The Balaban J connectivity index is 2.48. The van der Waals surface area contributed by atoms with Gasteiger partial charge in [-0.1, -0.05) is 71.0 Å². The summed E-state index contributed by atoms with van der Waals surface area (Å²) in [4.78, 5) is 11.3. The van der Waals surface area contributed by atoms with Crippen molar-refractivity contribution in [1.82, 2.24) is 0 Å². The van der Waals surface area contributed by atoms with Crippen molar-refractivity contribution in [2.45, 2.75) is 20.0 Å². The molecule has 0 bridgehead atoms. The van der Waals surface area contributed by atoms with E-state index in [0.29, 0.717) is 4.47 Å². The summed E-state index contributed by atoms with van der Waals surface area (Å²) < 4.78 is 73.8. The van der Waals surface area contributed by atoms with Crippen LogP contribution in [0.15, 0.2) is 111 Å². The van der Waals surface area contributed by atoms with Crippen molar-refractivity contribution in [3.05, 3.63) is 107 Å². The van der Waals surface area contributed by atoms with Crippen molar-refractivity contribution in [1.29, 1.82) is 0 Å². The topological polar surface area (TPSA) is 94.6 Å². The number of carbonyl (C=O) groups is 1. The zero-order valence-corrected chi connectivity index (χ0v) is 21.1. The zero-order chi connectivity index (χ0) is 25.1. The SMILES string of the molecule is C=C(C(=O)OC)[C@@H](c1cccc(Br)c1)C(F)(S(=O)(=O)c1ccccc1)S(=O)(=O)c1ccccc1. The van der Waals surface area contributed by atoms with E-state index in [2.05, 4.69) is 27.2 Å². The lowest BCUT2D eigenvalue weighted by atomic mass is 9.92. The first kappa shape index (κ1) is 25.8. The van der Waals surface area contributed by atoms with Crippen LogP contribution in [0.5, 0.6) is 0 Å². The van der Waals surface area contributed by atoms with Crippen molar-refractivity contribution >= 4 is 41.6 Å². The molecule has 3 rings (SSSR count). The van der Waals surface area contributed by atoms with Crippen LogP contribution < -0.4 is 0 Å². The Morgan fingerprint density at radius 1 is 0.882 bits per heavy atom. The molecule has 6 nitrogen and oxygen atoms in total. The summed E-state index contributed by atoms with van der Waals surface area (Å²) in [5, 5.41) is 0. The average Bonchev–Trinajstić information content (AvgIpc) is 2.84. The lowest BCUT2D eigenvalue weighted by Crippen LogP contribution is -2.49. The molecule has 0 aromatic heterocycles. The van der Waals surface area contributed by atoms with E-state index >= 15 is 4.39 Å². The van der Waals surface area contributed by atoms with Gasteiger partial charge in [0.1, 0.15) is 0 Å². The Morgan fingerprint density at radius 2 is 1.35 bits per heavy atom. The number of carbonyl (C=O) groups excluding carboxylic acids is 1. The summed E-state index contributed by atoms with van der Waals surface area (Å²) in [6.45, 7) is 3.55. The molecule has 0 aliphatic rings. The maximum Gasteiger partial charge on any atom is 0.333 e. The Hall–Kier alpha value is -2.82. The molecule has 0 aliphatic carbocycles. The number of esters is 1. The molecule has 0 amide bonds. The number of benzene rings is 3. The van der Waals surface area contributed by atoms with Gasteiger partial charge in [0.2, 0.25) is 19.7 Å². The van der Waals surface area contributed by atoms with Crippen molar-refractivity contribution < 1.29 is 30.8 Å². The van der Waals surface area contributed by atoms with E-state index in [4.69, 9.17) is 0 Å². The molecule has 3 aromatic carbocycles. The Bertz CT molecular complexity index is 1350. The van der Waals surface area contributed by atoms with Crippen molar-refractivity contribution in [3.8, 4) is 0 Å². The highest BCUT2D eigenvalue weighted by molar-refractivity contribution is 9.10. The minimum atomic E-state index is -5.29. The van der Waals surface area contributed by atoms with Crippen LogP contribution in [0.1, 0.15) is 11.5 Å². The second kappa shape index (κ2) is 9.81. The summed E-state index contributed by atoms with van der Waals surface area (Å²) in [6, 6.07) is 18.4. The molecule has 1 atom stereocenters. The number of alkyl halides is 1. The van der Waals surface area contributed by atoms with Crippen LogP contribution in [-0.2, 0) is 29.2 Å². The third-order valence-corrected chi connectivity index (χ3v) is 10.7. The lowest BCUT2D eigenvalue weighted by molar-refractivity contribution is -0.136. The highest BCUT2D eigenvalue weighted by atomic mass is 79.9. The van der Waals surface area contributed by atoms with Gasteiger partial charge in [0.25, 0.3) is 0 Å². The summed E-state index contributed by atoms with van der Waals surface area (Å²) in [7, 11) is -9.58. The van der Waals surface area contributed by atoms with E-state index in [-0.39, 0.29) is 5.56 Å². The van der Waals surface area contributed by atoms with Crippen LogP contribution in [0.25, 0.3) is 0 Å². The summed E-state index contributed by atoms with van der Waals surface area (Å²) in [5.74, 6) is -3.31. The second-order valence-electron chi connectivity index (χ2n) is 7.22. The molecular weight excluding hydrogens is 547 g/mol. The van der Waals surface area contributed by atoms with E-state index in [1.807, 2.05) is 0 Å². The highest BCUT2D eigenvalue weighted by Crippen LogP contribution is 2.50. The number of ether oxygens (including phenoxy) is 1. The van der Waals surface area contributed by atoms with Gasteiger partial charge < -0.3 is 4.74 Å². The van der Waals surface area contributed by atoms with Crippen molar-refractivity contribution in [2.24, 2.45) is 0 Å². The third kappa shape index (κ3) is 4.33. The van der Waals surface area contributed by atoms with Crippen molar-refractivity contribution in [2.75, 3.05) is 7.11 Å². The van der Waals surface area contributed by atoms with Gasteiger partial charge >= 0.3 is 10.3 Å². The van der Waals surface area contributed by atoms with E-state index in [0.717, 1.165) is 31.4 Å². The normalized spacial score (nSPS) is 13.1. The number of rotatable bonds is 8. The molecule has 0 unspecified atom stereocenters. The van der Waals surface area contributed by atoms with Gasteiger partial charge in [-0.05, 0) is 42.0 Å². The first-order chi connectivity index (χ1) is 16.0. The van der Waals surface area contributed by atoms with Gasteiger partial charge in [-0.2, -0.15) is 0 Å². The molecule has 0 N–H and O–H groups in total. The summed E-state index contributed by atoms with van der Waals surface area (Å²) in [6.07, 6.45) is 0. The number of hydrogen-bond donors (Lipinski definition) is 0. The maximum absolute atomic E-state index is 17.5. The molecule has 34 heavy (non-hydrogen) atoms. The summed E-state index contributed by atoms with van der Waals surface area (Å²) >= 11 is 3.22. The predicted molar refractivity (Wildman–Crippen MR) is 129 cm³/mol. The smallest absolute Gasteiger partial charge is 0.333 e. The fraction of sp³-hybridized carbons (Fsp3) is 0.125. The molecule has 0 heterocycles. The molecule has 0 fully saturated rings. The number of hydrogen-bond acceptors (Lipinski definition) is 6. The van der Waals surface area contributed by atoms with Gasteiger partial charge in [0.05, 0.1) is 22.8 Å². The van der Waals surface area contributed by atoms with Crippen LogP contribution >= 0.6 is 15.9 Å². The number of sulfone groups is 2. The van der Waals surface area contributed by atoms with Crippen LogP contribution in [0, 0.1) is 0 Å². The maximum atomic E-state index is 17.5. The molecule has 0 aliphatic heterocycles. The summed E-state index contributed by atoms with van der Waals surface area (Å²) in [5.41, 5.74) is -0.784. The van der Waals surface area contributed by atoms with Crippen LogP contribution in [0.3, 0.4) is 0 Å². The molecule has 0 saturated heterocycles. The minimum Gasteiger partial charge on any atom is -0.466 e. The average molecular weight is 567 g/mol.